The van der Waals surface area contributed by atoms with Crippen LogP contribution in [0.3, 0.4) is 0 Å². The van der Waals surface area contributed by atoms with Crippen LogP contribution in [0.1, 0.15) is 31.4 Å². The van der Waals surface area contributed by atoms with Crippen molar-refractivity contribution in [1.82, 2.24) is 29.3 Å². The Labute approximate surface area is 175 Å². The van der Waals surface area contributed by atoms with Crippen molar-refractivity contribution in [2.75, 3.05) is 0 Å². The minimum Gasteiger partial charge on any atom is -0.318 e. The molecule has 10 heteroatoms. The highest BCUT2D eigenvalue weighted by molar-refractivity contribution is 5.75. The zero-order chi connectivity index (χ0) is 22.2. The predicted molar refractivity (Wildman–Crippen MR) is 109 cm³/mol. The first-order valence-corrected chi connectivity index (χ1v) is 9.89. The van der Waals surface area contributed by atoms with Crippen LogP contribution in [0, 0.1) is 5.92 Å². The number of fused-ring (bicyclic) bond motifs is 1. The van der Waals surface area contributed by atoms with Crippen molar-refractivity contribution in [3.05, 3.63) is 64.5 Å². The van der Waals surface area contributed by atoms with E-state index < -0.39 is 11.7 Å². The highest BCUT2D eigenvalue weighted by Crippen LogP contribution is 2.30. The van der Waals surface area contributed by atoms with Crippen molar-refractivity contribution in [3.8, 4) is 11.4 Å². The molecule has 0 aliphatic heterocycles. The van der Waals surface area contributed by atoms with Gasteiger partial charge in [0.25, 0.3) is 5.56 Å². The van der Waals surface area contributed by atoms with E-state index in [1.165, 1.54) is 12.4 Å². The summed E-state index contributed by atoms with van der Waals surface area (Å²) in [5.41, 5.74) is 0.904. The van der Waals surface area contributed by atoms with Crippen LogP contribution < -0.4 is 5.56 Å². The van der Waals surface area contributed by atoms with E-state index in [1.807, 2.05) is 4.57 Å². The zero-order valence-corrected chi connectivity index (χ0v) is 17.0. The minimum absolute atomic E-state index is 0.175. The first kappa shape index (κ1) is 20.8. The Hall–Kier alpha value is -3.43. The molecule has 31 heavy (non-hydrogen) atoms. The highest BCUT2D eigenvalue weighted by atomic mass is 19.4. The topological polar surface area (TPSA) is 81.4 Å². The first-order chi connectivity index (χ1) is 14.8. The van der Waals surface area contributed by atoms with E-state index >= 15 is 0 Å². The van der Waals surface area contributed by atoms with Gasteiger partial charge in [0.15, 0.2) is 11.2 Å². The van der Waals surface area contributed by atoms with E-state index in [4.69, 9.17) is 0 Å². The highest BCUT2D eigenvalue weighted by Gasteiger charge is 2.30. The van der Waals surface area contributed by atoms with Gasteiger partial charge < -0.3 is 9.55 Å². The monoisotopic (exact) mass is 430 g/mol. The fourth-order valence-corrected chi connectivity index (χ4v) is 3.41. The number of nitrogens with zero attached hydrogens (tertiary/aromatic N) is 5. The molecule has 0 saturated heterocycles. The lowest BCUT2D eigenvalue weighted by Crippen LogP contribution is -2.15. The van der Waals surface area contributed by atoms with Gasteiger partial charge in [0.1, 0.15) is 5.82 Å². The Bertz CT molecular complexity index is 1270. The normalized spacial score (nSPS) is 13.1. The molecule has 7 nitrogen and oxygen atoms in total. The van der Waals surface area contributed by atoms with E-state index in [0.717, 1.165) is 18.6 Å². The standard InChI is InChI=1S/C21H21F3N6O/c1-3-13(2)9-30-17-18(25-12-26-20(17)31)28-19(30)15-8-27-29(11-15)10-14-5-4-6-16(7-14)21(22,23)24/h4-8,11-13H,3,9-10H2,1-2H3,(H,25,26,31). The van der Waals surface area contributed by atoms with E-state index in [2.05, 4.69) is 33.9 Å². The molecule has 1 aromatic carbocycles. The van der Waals surface area contributed by atoms with Crippen molar-refractivity contribution < 1.29 is 13.2 Å². The summed E-state index contributed by atoms with van der Waals surface area (Å²) in [5.74, 6) is 0.853. The number of hydrogen-bond acceptors (Lipinski definition) is 4. The molecule has 0 bridgehead atoms. The molecule has 1 atom stereocenters. The van der Waals surface area contributed by atoms with Crippen LogP contribution in [0.4, 0.5) is 13.2 Å². The maximum Gasteiger partial charge on any atom is 0.416 e. The molecule has 4 aromatic rings. The van der Waals surface area contributed by atoms with Crippen LogP contribution in [0.5, 0.6) is 0 Å². The molecule has 3 aromatic heterocycles. The molecule has 0 saturated carbocycles. The van der Waals surface area contributed by atoms with Gasteiger partial charge in [-0.2, -0.15) is 18.3 Å². The Morgan fingerprint density at radius 3 is 2.81 bits per heavy atom. The van der Waals surface area contributed by atoms with Crippen LogP contribution in [0.15, 0.2) is 47.8 Å². The molecule has 0 radical (unpaired) electrons. The summed E-state index contributed by atoms with van der Waals surface area (Å²) in [7, 11) is 0. The number of hydrogen-bond donors (Lipinski definition) is 1. The van der Waals surface area contributed by atoms with Gasteiger partial charge in [-0.15, -0.1) is 0 Å². The van der Waals surface area contributed by atoms with E-state index in [-0.39, 0.29) is 12.1 Å². The molecule has 4 rings (SSSR count). The molecule has 1 N–H and O–H groups in total. The quantitative estimate of drug-likeness (QED) is 0.500. The second-order valence-corrected chi connectivity index (χ2v) is 7.59. The lowest BCUT2D eigenvalue weighted by atomic mass is 10.1. The number of rotatable bonds is 6. The van der Waals surface area contributed by atoms with E-state index in [0.29, 0.717) is 40.6 Å². The van der Waals surface area contributed by atoms with Gasteiger partial charge in [-0.1, -0.05) is 32.4 Å². The second kappa shape index (κ2) is 8.01. The van der Waals surface area contributed by atoms with Gasteiger partial charge in [0.2, 0.25) is 0 Å². The van der Waals surface area contributed by atoms with Crippen LogP contribution in [-0.2, 0) is 19.3 Å². The molecule has 0 aliphatic carbocycles. The molecular weight excluding hydrogens is 409 g/mol. The number of H-pyrrole nitrogens is 1. The van der Waals surface area contributed by atoms with Crippen LogP contribution in [0.2, 0.25) is 0 Å². The smallest absolute Gasteiger partial charge is 0.318 e. The predicted octanol–water partition coefficient (Wildman–Crippen LogP) is 4.10. The van der Waals surface area contributed by atoms with Crippen molar-refractivity contribution in [2.24, 2.45) is 5.92 Å². The third-order valence-electron chi connectivity index (χ3n) is 5.23. The summed E-state index contributed by atoms with van der Waals surface area (Å²) in [5, 5.41) is 4.29. The molecule has 0 spiro atoms. The Morgan fingerprint density at radius 2 is 2.06 bits per heavy atom. The number of imidazole rings is 1. The van der Waals surface area contributed by atoms with Crippen LogP contribution in [-0.4, -0.2) is 29.3 Å². The number of nitrogens with one attached hydrogen (secondary N) is 1. The molecule has 3 heterocycles. The third-order valence-corrected chi connectivity index (χ3v) is 5.23. The first-order valence-electron chi connectivity index (χ1n) is 9.89. The summed E-state index contributed by atoms with van der Waals surface area (Å²) in [4.78, 5) is 23.7. The van der Waals surface area contributed by atoms with Crippen molar-refractivity contribution >= 4 is 11.2 Å². The molecule has 1 unspecified atom stereocenters. The zero-order valence-electron chi connectivity index (χ0n) is 17.0. The van der Waals surface area contributed by atoms with Crippen molar-refractivity contribution in [3.63, 3.8) is 0 Å². The summed E-state index contributed by atoms with van der Waals surface area (Å²) >= 11 is 0. The van der Waals surface area contributed by atoms with Crippen molar-refractivity contribution in [1.29, 1.82) is 0 Å². The fourth-order valence-electron chi connectivity index (χ4n) is 3.41. The van der Waals surface area contributed by atoms with Gasteiger partial charge in [-0.05, 0) is 23.6 Å². The SMILES string of the molecule is CCC(C)Cn1c(-c2cnn(Cc3cccc(C(F)(F)F)c3)c2)nc2nc[nH]c(=O)c21. The summed E-state index contributed by atoms with van der Waals surface area (Å²) in [6.45, 7) is 4.90. The minimum atomic E-state index is -4.40. The summed E-state index contributed by atoms with van der Waals surface area (Å²) < 4.78 is 42.3. The average molecular weight is 430 g/mol. The van der Waals surface area contributed by atoms with Gasteiger partial charge in [-0.25, -0.2) is 9.97 Å². The average Bonchev–Trinajstić information content (AvgIpc) is 3.33. The maximum absolute atomic E-state index is 13.0. The number of aromatic amines is 1. The number of benzene rings is 1. The summed E-state index contributed by atoms with van der Waals surface area (Å²) in [6, 6.07) is 5.16. The lowest BCUT2D eigenvalue weighted by molar-refractivity contribution is -0.137. The van der Waals surface area contributed by atoms with E-state index in [1.54, 1.807) is 23.1 Å². The van der Waals surface area contributed by atoms with Gasteiger partial charge in [0, 0.05) is 12.7 Å². The van der Waals surface area contributed by atoms with Crippen LogP contribution >= 0.6 is 0 Å². The number of halogens is 3. The Kier molecular flexibility index (Phi) is 5.38. The van der Waals surface area contributed by atoms with Gasteiger partial charge in [-0.3, -0.25) is 9.48 Å². The molecule has 0 aliphatic rings. The number of alkyl halides is 3. The van der Waals surface area contributed by atoms with Crippen LogP contribution in [0.25, 0.3) is 22.6 Å². The fraction of sp³-hybridized carbons (Fsp3) is 0.333. The molecule has 0 fully saturated rings. The molecular formula is C21H21F3N6O. The van der Waals surface area contributed by atoms with Gasteiger partial charge in [0.05, 0.1) is 30.2 Å². The van der Waals surface area contributed by atoms with Crippen molar-refractivity contribution in [2.45, 2.75) is 39.5 Å². The largest absolute Gasteiger partial charge is 0.416 e. The lowest BCUT2D eigenvalue weighted by Gasteiger charge is -2.12. The maximum atomic E-state index is 13.0. The third kappa shape index (κ3) is 4.23. The Morgan fingerprint density at radius 1 is 1.26 bits per heavy atom. The number of aromatic nitrogens is 6. The Balaban J connectivity index is 1.70. The van der Waals surface area contributed by atoms with E-state index in [9.17, 15) is 18.0 Å². The van der Waals surface area contributed by atoms with Gasteiger partial charge >= 0.3 is 6.18 Å². The second-order valence-electron chi connectivity index (χ2n) is 7.59. The molecule has 0 amide bonds. The summed E-state index contributed by atoms with van der Waals surface area (Å²) in [6.07, 6.45) is 1.14. The molecule has 162 valence electrons.